The van der Waals surface area contributed by atoms with Crippen molar-refractivity contribution in [3.8, 4) is 10.6 Å². The fourth-order valence-electron chi connectivity index (χ4n) is 1.40. The van der Waals surface area contributed by atoms with Gasteiger partial charge in [0.05, 0.1) is 5.69 Å². The highest BCUT2D eigenvalue weighted by atomic mass is 79.9. The van der Waals surface area contributed by atoms with Crippen LogP contribution in [0.1, 0.15) is 15.4 Å². The number of carbonyl (C=O) groups excluding carboxylic acids is 1. The van der Waals surface area contributed by atoms with Crippen molar-refractivity contribution < 1.29 is 9.18 Å². The van der Waals surface area contributed by atoms with Crippen molar-refractivity contribution in [1.82, 2.24) is 4.98 Å². The van der Waals surface area contributed by atoms with Gasteiger partial charge >= 0.3 is 0 Å². The summed E-state index contributed by atoms with van der Waals surface area (Å²) in [6.45, 7) is 1.68. The van der Waals surface area contributed by atoms with Crippen LogP contribution >= 0.6 is 27.3 Å². The molecule has 0 atom stereocenters. The highest BCUT2D eigenvalue weighted by Gasteiger charge is 2.16. The average molecular weight is 315 g/mol. The summed E-state index contributed by atoms with van der Waals surface area (Å²) in [5, 5.41) is 0.454. The second-order valence-corrected chi connectivity index (χ2v) is 5.34. The molecule has 17 heavy (non-hydrogen) atoms. The zero-order valence-corrected chi connectivity index (χ0v) is 11.2. The van der Waals surface area contributed by atoms with Crippen LogP contribution in [-0.2, 0) is 0 Å². The number of thiazole rings is 1. The number of amides is 1. The summed E-state index contributed by atoms with van der Waals surface area (Å²) in [4.78, 5) is 15.6. The lowest BCUT2D eigenvalue weighted by Crippen LogP contribution is -2.09. The largest absolute Gasteiger partial charge is 0.365 e. The van der Waals surface area contributed by atoms with Crippen LogP contribution in [0, 0.1) is 12.7 Å². The summed E-state index contributed by atoms with van der Waals surface area (Å²) >= 11 is 4.36. The number of hydrogen-bond acceptors (Lipinski definition) is 3. The lowest BCUT2D eigenvalue weighted by molar-refractivity contribution is 0.100. The molecule has 0 spiro atoms. The van der Waals surface area contributed by atoms with E-state index in [1.807, 2.05) is 0 Å². The lowest BCUT2D eigenvalue weighted by Gasteiger charge is -1.99. The van der Waals surface area contributed by atoms with Gasteiger partial charge in [-0.05, 0) is 25.1 Å². The third-order valence-electron chi connectivity index (χ3n) is 2.18. The van der Waals surface area contributed by atoms with Gasteiger partial charge in [-0.3, -0.25) is 4.79 Å². The Balaban J connectivity index is 2.57. The molecule has 6 heteroatoms. The average Bonchev–Trinajstić information content (AvgIpc) is 2.64. The fraction of sp³-hybridized carbons (Fsp3) is 0.0909. The number of aromatic nitrogens is 1. The number of nitrogens with two attached hydrogens (primary N) is 1. The molecule has 1 aromatic carbocycles. The van der Waals surface area contributed by atoms with Crippen LogP contribution in [0.25, 0.3) is 10.6 Å². The number of carbonyl (C=O) groups is 1. The number of halogens is 2. The standard InChI is InChI=1S/C11H8BrFN2OS/c1-5-9(10(14)16)17-11(15-5)7-4-6(12)2-3-8(7)13/h2-4H,1H3,(H2,14,16). The van der Waals surface area contributed by atoms with Crippen molar-refractivity contribution in [2.75, 3.05) is 0 Å². The van der Waals surface area contributed by atoms with Crippen molar-refractivity contribution >= 4 is 33.2 Å². The molecule has 0 saturated heterocycles. The predicted octanol–water partition coefficient (Wildman–Crippen LogP) is 3.12. The maximum atomic E-state index is 13.6. The number of rotatable bonds is 2. The fourth-order valence-corrected chi connectivity index (χ4v) is 2.70. The van der Waals surface area contributed by atoms with Gasteiger partial charge in [0.15, 0.2) is 0 Å². The van der Waals surface area contributed by atoms with Crippen LogP contribution in [0.3, 0.4) is 0 Å². The van der Waals surface area contributed by atoms with E-state index in [1.54, 1.807) is 19.1 Å². The maximum absolute atomic E-state index is 13.6. The normalized spacial score (nSPS) is 10.5. The number of primary amides is 1. The van der Waals surface area contributed by atoms with Crippen molar-refractivity contribution in [3.05, 3.63) is 39.1 Å². The van der Waals surface area contributed by atoms with Crippen LogP contribution in [0.5, 0.6) is 0 Å². The first-order chi connectivity index (χ1) is 7.99. The Labute approximate surface area is 110 Å². The van der Waals surface area contributed by atoms with Gasteiger partial charge in [0, 0.05) is 10.0 Å². The van der Waals surface area contributed by atoms with Gasteiger partial charge in [-0.2, -0.15) is 0 Å². The van der Waals surface area contributed by atoms with E-state index in [1.165, 1.54) is 6.07 Å². The van der Waals surface area contributed by atoms with Crippen LogP contribution in [-0.4, -0.2) is 10.9 Å². The molecule has 0 aliphatic carbocycles. The second kappa shape index (κ2) is 4.54. The van der Waals surface area contributed by atoms with E-state index in [-0.39, 0.29) is 5.82 Å². The summed E-state index contributed by atoms with van der Waals surface area (Å²) < 4.78 is 14.4. The van der Waals surface area contributed by atoms with E-state index >= 15 is 0 Å². The highest BCUT2D eigenvalue weighted by molar-refractivity contribution is 9.10. The van der Waals surface area contributed by atoms with Crippen molar-refractivity contribution in [1.29, 1.82) is 0 Å². The molecule has 1 heterocycles. The van der Waals surface area contributed by atoms with Crippen molar-refractivity contribution in [3.63, 3.8) is 0 Å². The first-order valence-electron chi connectivity index (χ1n) is 4.71. The van der Waals surface area contributed by atoms with Crippen molar-refractivity contribution in [2.24, 2.45) is 5.73 Å². The first kappa shape index (κ1) is 12.2. The SMILES string of the molecule is Cc1nc(-c2cc(Br)ccc2F)sc1C(N)=O. The molecule has 0 fully saturated rings. The van der Waals surface area contributed by atoms with Crippen molar-refractivity contribution in [2.45, 2.75) is 6.92 Å². The van der Waals surface area contributed by atoms with Gasteiger partial charge in [-0.15, -0.1) is 11.3 Å². The van der Waals surface area contributed by atoms with Gasteiger partial charge in [0.25, 0.3) is 5.91 Å². The lowest BCUT2D eigenvalue weighted by atomic mass is 10.2. The van der Waals surface area contributed by atoms with E-state index in [0.29, 0.717) is 21.1 Å². The Hall–Kier alpha value is -1.27. The molecule has 0 aliphatic rings. The summed E-state index contributed by atoms with van der Waals surface area (Å²) in [5.41, 5.74) is 6.09. The molecule has 0 aliphatic heterocycles. The molecular weight excluding hydrogens is 307 g/mol. The predicted molar refractivity (Wildman–Crippen MR) is 68.5 cm³/mol. The summed E-state index contributed by atoms with van der Waals surface area (Å²) in [7, 11) is 0. The Bertz CT molecular complexity index is 597. The number of nitrogens with zero attached hydrogens (tertiary/aromatic N) is 1. The Morgan fingerprint density at radius 3 is 2.82 bits per heavy atom. The molecule has 3 nitrogen and oxygen atoms in total. The van der Waals surface area contributed by atoms with Crippen LogP contribution in [0.15, 0.2) is 22.7 Å². The minimum absolute atomic E-state index is 0.361. The maximum Gasteiger partial charge on any atom is 0.260 e. The molecule has 2 aromatic rings. The van der Waals surface area contributed by atoms with Crippen LogP contribution in [0.2, 0.25) is 0 Å². The molecule has 1 amide bonds. The van der Waals surface area contributed by atoms with Gasteiger partial charge in [-0.25, -0.2) is 9.37 Å². The summed E-state index contributed by atoms with van der Waals surface area (Å²) in [6.07, 6.45) is 0. The van der Waals surface area contributed by atoms with Gasteiger partial charge in [0.2, 0.25) is 0 Å². The van der Waals surface area contributed by atoms with Gasteiger partial charge < -0.3 is 5.73 Å². The summed E-state index contributed by atoms with van der Waals surface area (Å²) in [5.74, 6) is -0.917. The smallest absolute Gasteiger partial charge is 0.260 e. The Kier molecular flexibility index (Phi) is 3.26. The third kappa shape index (κ3) is 2.37. The van der Waals surface area contributed by atoms with Crippen LogP contribution < -0.4 is 5.73 Å². The highest BCUT2D eigenvalue weighted by Crippen LogP contribution is 2.31. The van der Waals surface area contributed by atoms with E-state index in [4.69, 9.17) is 5.73 Å². The van der Waals surface area contributed by atoms with Gasteiger partial charge in [0.1, 0.15) is 15.7 Å². The molecule has 2 rings (SSSR count). The number of benzene rings is 1. The van der Waals surface area contributed by atoms with Crippen LogP contribution in [0.4, 0.5) is 4.39 Å². The molecule has 0 bridgehead atoms. The topological polar surface area (TPSA) is 56.0 Å². The molecule has 0 saturated carbocycles. The molecule has 88 valence electrons. The zero-order valence-electron chi connectivity index (χ0n) is 8.83. The molecule has 0 radical (unpaired) electrons. The first-order valence-corrected chi connectivity index (χ1v) is 6.32. The monoisotopic (exact) mass is 314 g/mol. The zero-order chi connectivity index (χ0) is 12.6. The molecule has 2 N–H and O–H groups in total. The molecule has 0 unspecified atom stereocenters. The van der Waals surface area contributed by atoms with E-state index < -0.39 is 5.91 Å². The summed E-state index contributed by atoms with van der Waals surface area (Å²) in [6, 6.07) is 4.58. The molecule has 1 aromatic heterocycles. The van der Waals surface area contributed by atoms with E-state index in [9.17, 15) is 9.18 Å². The number of aryl methyl sites for hydroxylation is 1. The Morgan fingerprint density at radius 1 is 1.53 bits per heavy atom. The quantitative estimate of drug-likeness (QED) is 0.926. The minimum atomic E-state index is -0.540. The number of hydrogen-bond donors (Lipinski definition) is 1. The van der Waals surface area contributed by atoms with E-state index in [0.717, 1.165) is 15.8 Å². The van der Waals surface area contributed by atoms with E-state index in [2.05, 4.69) is 20.9 Å². The third-order valence-corrected chi connectivity index (χ3v) is 3.88. The molecular formula is C11H8BrFN2OS. The second-order valence-electron chi connectivity index (χ2n) is 3.42. The van der Waals surface area contributed by atoms with Gasteiger partial charge in [-0.1, -0.05) is 15.9 Å². The Morgan fingerprint density at radius 2 is 2.24 bits per heavy atom. The minimum Gasteiger partial charge on any atom is -0.365 e.